The van der Waals surface area contributed by atoms with Crippen LogP contribution in [0.4, 0.5) is 0 Å². The molecule has 1 atom stereocenters. The summed E-state index contributed by atoms with van der Waals surface area (Å²) >= 11 is 0. The number of aromatic hydroxyl groups is 1. The van der Waals surface area contributed by atoms with E-state index in [1.165, 1.54) is 5.39 Å². The molecule has 0 radical (unpaired) electrons. The van der Waals surface area contributed by atoms with Crippen LogP contribution in [0.2, 0.25) is 0 Å². The lowest BCUT2D eigenvalue weighted by Gasteiger charge is -2.32. The molecule has 1 fully saturated rings. The maximum atomic E-state index is 12.8. The van der Waals surface area contributed by atoms with Gasteiger partial charge in [-0.1, -0.05) is 30.3 Å². The van der Waals surface area contributed by atoms with Crippen LogP contribution in [-0.2, 0) is 22.4 Å². The Morgan fingerprint density at radius 2 is 1.90 bits per heavy atom. The lowest BCUT2D eigenvalue weighted by molar-refractivity contribution is -0.135. The lowest BCUT2D eigenvalue weighted by atomic mass is 9.96. The molecule has 3 aromatic rings. The van der Waals surface area contributed by atoms with Crippen molar-refractivity contribution in [3.63, 3.8) is 0 Å². The number of benzene rings is 2. The maximum Gasteiger partial charge on any atom is 0.224 e. The molecule has 162 valence electrons. The highest BCUT2D eigenvalue weighted by atomic mass is 16.3. The highest BCUT2D eigenvalue weighted by Gasteiger charge is 2.28. The first-order valence-corrected chi connectivity index (χ1v) is 11.0. The van der Waals surface area contributed by atoms with Crippen molar-refractivity contribution in [3.05, 3.63) is 65.9 Å². The second kappa shape index (κ2) is 9.69. The fraction of sp³-hybridized carbons (Fsp3) is 0.360. The molecule has 4 rings (SSSR count). The van der Waals surface area contributed by atoms with Crippen molar-refractivity contribution in [2.75, 3.05) is 19.6 Å². The van der Waals surface area contributed by atoms with Crippen LogP contribution in [0.15, 0.2) is 54.7 Å². The molecule has 3 N–H and O–H groups in total. The number of phenols is 1. The largest absolute Gasteiger partial charge is 0.508 e. The number of aromatic nitrogens is 1. The van der Waals surface area contributed by atoms with E-state index in [9.17, 15) is 14.7 Å². The van der Waals surface area contributed by atoms with Crippen molar-refractivity contribution in [2.24, 2.45) is 5.92 Å². The number of H-pyrrole nitrogens is 1. The number of rotatable bonds is 7. The number of phenolic OH excluding ortho intramolecular Hbond substituents is 1. The molecular weight excluding hydrogens is 390 g/mol. The molecule has 1 aliphatic rings. The van der Waals surface area contributed by atoms with Crippen molar-refractivity contribution < 1.29 is 14.7 Å². The lowest BCUT2D eigenvalue weighted by Crippen LogP contribution is -2.45. The van der Waals surface area contributed by atoms with Gasteiger partial charge in [-0.05, 0) is 55.0 Å². The first kappa shape index (κ1) is 21.0. The van der Waals surface area contributed by atoms with Gasteiger partial charge >= 0.3 is 0 Å². The number of nitrogens with zero attached hydrogens (tertiary/aromatic N) is 1. The molecule has 31 heavy (non-hydrogen) atoms. The Balaban J connectivity index is 1.24. The molecule has 6 nitrogen and oxygen atoms in total. The monoisotopic (exact) mass is 419 g/mol. The SMILES string of the molecule is O=C(NCCc1ccc(O)cc1)[C@H]1CCCN(C(=O)CCc2c[nH]c3ccccc23)C1. The Morgan fingerprint density at radius 3 is 2.74 bits per heavy atom. The van der Waals surface area contributed by atoms with Gasteiger partial charge < -0.3 is 20.3 Å². The first-order valence-electron chi connectivity index (χ1n) is 11.0. The molecule has 0 spiro atoms. The summed E-state index contributed by atoms with van der Waals surface area (Å²) in [6.45, 7) is 1.77. The molecule has 0 aliphatic carbocycles. The van der Waals surface area contributed by atoms with Crippen LogP contribution >= 0.6 is 0 Å². The fourth-order valence-electron chi connectivity index (χ4n) is 4.29. The van der Waals surface area contributed by atoms with E-state index < -0.39 is 0 Å². The number of hydrogen-bond donors (Lipinski definition) is 3. The average molecular weight is 420 g/mol. The van der Waals surface area contributed by atoms with Gasteiger partial charge in [-0.25, -0.2) is 0 Å². The van der Waals surface area contributed by atoms with Gasteiger partial charge in [0.1, 0.15) is 5.75 Å². The van der Waals surface area contributed by atoms with Crippen LogP contribution in [0.25, 0.3) is 10.9 Å². The van der Waals surface area contributed by atoms with E-state index in [2.05, 4.69) is 16.4 Å². The van der Waals surface area contributed by atoms with Crippen molar-refractivity contribution in [1.82, 2.24) is 15.2 Å². The van der Waals surface area contributed by atoms with E-state index in [0.717, 1.165) is 36.0 Å². The van der Waals surface area contributed by atoms with Gasteiger partial charge in [-0.3, -0.25) is 9.59 Å². The quantitative estimate of drug-likeness (QED) is 0.549. The first-order chi connectivity index (χ1) is 15.1. The van der Waals surface area contributed by atoms with Crippen LogP contribution in [-0.4, -0.2) is 46.4 Å². The normalized spacial score (nSPS) is 16.4. The number of amides is 2. The van der Waals surface area contributed by atoms with E-state index in [0.29, 0.717) is 32.4 Å². The zero-order valence-corrected chi connectivity index (χ0v) is 17.6. The average Bonchev–Trinajstić information content (AvgIpc) is 3.22. The van der Waals surface area contributed by atoms with E-state index >= 15 is 0 Å². The van der Waals surface area contributed by atoms with Crippen LogP contribution in [0.5, 0.6) is 5.75 Å². The van der Waals surface area contributed by atoms with Crippen LogP contribution in [0, 0.1) is 5.92 Å². The zero-order chi connectivity index (χ0) is 21.6. The van der Waals surface area contributed by atoms with Gasteiger partial charge in [-0.2, -0.15) is 0 Å². The van der Waals surface area contributed by atoms with Crippen molar-refractivity contribution in [2.45, 2.75) is 32.1 Å². The molecule has 2 aromatic carbocycles. The molecule has 1 aromatic heterocycles. The summed E-state index contributed by atoms with van der Waals surface area (Å²) in [4.78, 5) is 30.5. The zero-order valence-electron chi connectivity index (χ0n) is 17.6. The predicted molar refractivity (Wildman–Crippen MR) is 121 cm³/mol. The third-order valence-corrected chi connectivity index (χ3v) is 6.08. The third kappa shape index (κ3) is 5.26. The molecule has 0 bridgehead atoms. The van der Waals surface area contributed by atoms with Gasteiger partial charge in [0.25, 0.3) is 0 Å². The summed E-state index contributed by atoms with van der Waals surface area (Å²) in [5.74, 6) is 0.231. The smallest absolute Gasteiger partial charge is 0.224 e. The molecule has 0 saturated carbocycles. The minimum Gasteiger partial charge on any atom is -0.508 e. The Bertz CT molecular complexity index is 1040. The standard InChI is InChI=1S/C25H29N3O3/c29-21-10-7-18(8-11-21)13-14-26-25(31)20-4-3-15-28(17-20)24(30)12-9-19-16-27-23-6-2-1-5-22(19)23/h1-2,5-8,10-11,16,20,27,29H,3-4,9,12-15,17H2,(H,26,31)/t20-/m0/s1. The summed E-state index contributed by atoms with van der Waals surface area (Å²) in [6, 6.07) is 15.1. The number of aryl methyl sites for hydroxylation is 1. The molecule has 6 heteroatoms. The van der Waals surface area contributed by atoms with Gasteiger partial charge in [0.05, 0.1) is 5.92 Å². The number of carbonyl (C=O) groups is 2. The number of para-hydroxylation sites is 1. The molecule has 1 saturated heterocycles. The van der Waals surface area contributed by atoms with Gasteiger partial charge in [0.15, 0.2) is 0 Å². The molecule has 2 amide bonds. The second-order valence-corrected chi connectivity index (χ2v) is 8.25. The topological polar surface area (TPSA) is 85.4 Å². The van der Waals surface area contributed by atoms with E-state index in [-0.39, 0.29) is 23.5 Å². The number of hydrogen-bond acceptors (Lipinski definition) is 3. The third-order valence-electron chi connectivity index (χ3n) is 6.08. The van der Waals surface area contributed by atoms with Gasteiger partial charge in [0.2, 0.25) is 11.8 Å². The predicted octanol–water partition coefficient (Wildman–Crippen LogP) is 3.40. The van der Waals surface area contributed by atoms with E-state index in [1.54, 1.807) is 12.1 Å². The van der Waals surface area contributed by atoms with Crippen molar-refractivity contribution in [1.29, 1.82) is 0 Å². The highest BCUT2D eigenvalue weighted by Crippen LogP contribution is 2.21. The van der Waals surface area contributed by atoms with Crippen LogP contribution in [0.3, 0.4) is 0 Å². The Hall–Kier alpha value is -3.28. The van der Waals surface area contributed by atoms with E-state index in [4.69, 9.17) is 0 Å². The number of fused-ring (bicyclic) bond motifs is 1. The summed E-state index contributed by atoms with van der Waals surface area (Å²) in [6.07, 6.45) is 5.52. The van der Waals surface area contributed by atoms with E-state index in [1.807, 2.05) is 41.4 Å². The van der Waals surface area contributed by atoms with Crippen molar-refractivity contribution in [3.8, 4) is 5.75 Å². The van der Waals surface area contributed by atoms with Gasteiger partial charge in [-0.15, -0.1) is 0 Å². The number of carbonyl (C=O) groups excluding carboxylic acids is 2. The summed E-state index contributed by atoms with van der Waals surface area (Å²) in [5.41, 5.74) is 3.31. The fourth-order valence-corrected chi connectivity index (χ4v) is 4.29. The van der Waals surface area contributed by atoms with Crippen LogP contribution in [0.1, 0.15) is 30.4 Å². The summed E-state index contributed by atoms with van der Waals surface area (Å²) in [7, 11) is 0. The highest BCUT2D eigenvalue weighted by molar-refractivity contribution is 5.84. The maximum absolute atomic E-state index is 12.8. The molecular formula is C25H29N3O3. The number of aromatic amines is 1. The minimum absolute atomic E-state index is 0.0212. The number of likely N-dealkylation sites (tertiary alicyclic amines) is 1. The Morgan fingerprint density at radius 1 is 1.10 bits per heavy atom. The Kier molecular flexibility index (Phi) is 6.55. The van der Waals surface area contributed by atoms with Crippen molar-refractivity contribution >= 4 is 22.7 Å². The summed E-state index contributed by atoms with van der Waals surface area (Å²) < 4.78 is 0. The van der Waals surface area contributed by atoms with Crippen LogP contribution < -0.4 is 5.32 Å². The molecule has 1 aliphatic heterocycles. The minimum atomic E-state index is -0.148. The Labute approximate surface area is 182 Å². The number of nitrogens with one attached hydrogen (secondary N) is 2. The molecule has 2 heterocycles. The summed E-state index contributed by atoms with van der Waals surface area (Å²) in [5, 5.41) is 13.5. The second-order valence-electron chi connectivity index (χ2n) is 8.25. The molecule has 0 unspecified atom stereocenters. The number of piperidine rings is 1. The van der Waals surface area contributed by atoms with Gasteiger partial charge in [0, 0.05) is 43.2 Å².